The minimum absolute atomic E-state index is 0.273. The maximum absolute atomic E-state index is 10.6. The van der Waals surface area contributed by atoms with Crippen LogP contribution in [0.3, 0.4) is 0 Å². The van der Waals surface area contributed by atoms with Crippen LogP contribution in [0.5, 0.6) is 5.75 Å². The molecule has 0 saturated carbocycles. The molecule has 0 saturated heterocycles. The number of thiophene rings is 1. The lowest BCUT2D eigenvalue weighted by molar-refractivity contribution is 0.0544. The zero-order valence-corrected chi connectivity index (χ0v) is 9.79. The summed E-state index contributed by atoms with van der Waals surface area (Å²) in [7, 11) is 1.61. The second kappa shape index (κ2) is 7.21. The van der Waals surface area contributed by atoms with Crippen LogP contribution in [0.4, 0.5) is 0 Å². The summed E-state index contributed by atoms with van der Waals surface area (Å²) < 4.78 is 15.3. The van der Waals surface area contributed by atoms with E-state index < -0.39 is 5.97 Å². The van der Waals surface area contributed by atoms with Gasteiger partial charge in [-0.15, -0.1) is 11.3 Å². The van der Waals surface area contributed by atoms with Crippen molar-refractivity contribution in [2.75, 3.05) is 33.5 Å². The Morgan fingerprint density at radius 1 is 1.38 bits per heavy atom. The van der Waals surface area contributed by atoms with Crippen LogP contribution < -0.4 is 4.74 Å². The number of carbonyl (C=O) groups is 1. The minimum atomic E-state index is -0.934. The first-order valence-corrected chi connectivity index (χ1v) is 5.63. The van der Waals surface area contributed by atoms with Gasteiger partial charge in [-0.1, -0.05) is 0 Å². The Labute approximate surface area is 97.6 Å². The quantitative estimate of drug-likeness (QED) is 0.704. The Morgan fingerprint density at radius 2 is 2.12 bits per heavy atom. The summed E-state index contributed by atoms with van der Waals surface area (Å²) in [6, 6.07) is 1.50. The third-order valence-corrected chi connectivity index (χ3v) is 2.61. The Kier molecular flexibility index (Phi) is 5.84. The van der Waals surface area contributed by atoms with Gasteiger partial charge < -0.3 is 19.3 Å². The fraction of sp³-hybridized carbons (Fsp3) is 0.500. The van der Waals surface area contributed by atoms with E-state index in [-0.39, 0.29) is 4.88 Å². The van der Waals surface area contributed by atoms with Crippen LogP contribution in [0.2, 0.25) is 0 Å². The van der Waals surface area contributed by atoms with Crippen molar-refractivity contribution < 1.29 is 24.1 Å². The molecule has 0 aromatic carbocycles. The van der Waals surface area contributed by atoms with E-state index in [0.29, 0.717) is 32.2 Å². The number of hydrogen-bond donors (Lipinski definition) is 1. The second-order valence-electron chi connectivity index (χ2n) is 2.91. The molecule has 0 unspecified atom stereocenters. The zero-order valence-electron chi connectivity index (χ0n) is 8.97. The maximum Gasteiger partial charge on any atom is 0.346 e. The Bertz CT molecular complexity index is 323. The van der Waals surface area contributed by atoms with E-state index in [9.17, 15) is 4.79 Å². The fourth-order valence-electron chi connectivity index (χ4n) is 0.969. The zero-order chi connectivity index (χ0) is 11.8. The smallest absolute Gasteiger partial charge is 0.346 e. The van der Waals surface area contributed by atoms with Crippen molar-refractivity contribution in [3.63, 3.8) is 0 Å². The summed E-state index contributed by atoms with van der Waals surface area (Å²) in [6.07, 6.45) is 0. The molecule has 0 atom stereocenters. The highest BCUT2D eigenvalue weighted by molar-refractivity contribution is 7.12. The molecule has 16 heavy (non-hydrogen) atoms. The van der Waals surface area contributed by atoms with Gasteiger partial charge in [0.1, 0.15) is 17.2 Å². The van der Waals surface area contributed by atoms with Gasteiger partial charge in [-0.3, -0.25) is 0 Å². The number of aromatic carboxylic acids is 1. The van der Waals surface area contributed by atoms with E-state index in [1.165, 1.54) is 6.07 Å². The third kappa shape index (κ3) is 4.61. The minimum Gasteiger partial charge on any atom is -0.490 e. The van der Waals surface area contributed by atoms with Crippen molar-refractivity contribution in [3.05, 3.63) is 16.3 Å². The van der Waals surface area contributed by atoms with Crippen LogP contribution in [0, 0.1) is 0 Å². The van der Waals surface area contributed by atoms with Crippen LogP contribution in [0.15, 0.2) is 11.4 Å². The molecule has 0 radical (unpaired) electrons. The van der Waals surface area contributed by atoms with Crippen LogP contribution in [-0.4, -0.2) is 44.6 Å². The first-order chi connectivity index (χ1) is 7.74. The lowest BCUT2D eigenvalue weighted by atomic mass is 10.4. The third-order valence-electron chi connectivity index (χ3n) is 1.71. The van der Waals surface area contributed by atoms with Gasteiger partial charge in [0.05, 0.1) is 19.8 Å². The van der Waals surface area contributed by atoms with E-state index in [1.807, 2.05) is 0 Å². The van der Waals surface area contributed by atoms with Crippen LogP contribution in [-0.2, 0) is 9.47 Å². The number of ether oxygens (including phenoxy) is 3. The van der Waals surface area contributed by atoms with Crippen LogP contribution in [0.25, 0.3) is 0 Å². The van der Waals surface area contributed by atoms with Gasteiger partial charge in [0.15, 0.2) is 0 Å². The van der Waals surface area contributed by atoms with E-state index in [1.54, 1.807) is 12.5 Å². The average molecular weight is 246 g/mol. The van der Waals surface area contributed by atoms with Gasteiger partial charge in [-0.05, 0) is 0 Å². The molecular formula is C10H14O5S. The van der Waals surface area contributed by atoms with Crippen molar-refractivity contribution in [2.45, 2.75) is 0 Å². The molecule has 0 bridgehead atoms. The molecule has 0 aliphatic heterocycles. The van der Waals surface area contributed by atoms with Crippen LogP contribution in [0.1, 0.15) is 9.67 Å². The monoisotopic (exact) mass is 246 g/mol. The molecule has 5 nitrogen and oxygen atoms in total. The summed E-state index contributed by atoms with van der Waals surface area (Å²) in [5.74, 6) is -0.367. The largest absolute Gasteiger partial charge is 0.490 e. The summed E-state index contributed by atoms with van der Waals surface area (Å²) in [6.45, 7) is 1.95. The molecule has 0 spiro atoms. The highest BCUT2D eigenvalue weighted by atomic mass is 32.1. The van der Waals surface area contributed by atoms with Gasteiger partial charge in [0, 0.05) is 18.6 Å². The van der Waals surface area contributed by atoms with E-state index in [0.717, 1.165) is 11.3 Å². The predicted molar refractivity (Wildman–Crippen MR) is 59.5 cm³/mol. The fourth-order valence-corrected chi connectivity index (χ4v) is 1.63. The number of carboxylic acids is 1. The normalized spacial score (nSPS) is 10.3. The van der Waals surface area contributed by atoms with Gasteiger partial charge in [-0.2, -0.15) is 0 Å². The highest BCUT2D eigenvalue weighted by Crippen LogP contribution is 2.21. The first-order valence-electron chi connectivity index (χ1n) is 4.75. The summed E-state index contributed by atoms with van der Waals surface area (Å²) >= 11 is 1.14. The van der Waals surface area contributed by atoms with Crippen LogP contribution >= 0.6 is 11.3 Å². The summed E-state index contributed by atoms with van der Waals surface area (Å²) in [4.78, 5) is 10.9. The van der Waals surface area contributed by atoms with Crippen molar-refractivity contribution in [2.24, 2.45) is 0 Å². The molecule has 6 heteroatoms. The molecule has 0 amide bonds. The molecule has 1 aromatic rings. The van der Waals surface area contributed by atoms with Gasteiger partial charge in [0.25, 0.3) is 0 Å². The molecule has 1 aromatic heterocycles. The molecule has 1 heterocycles. The molecule has 0 fully saturated rings. The van der Waals surface area contributed by atoms with Crippen molar-refractivity contribution >= 4 is 17.3 Å². The maximum atomic E-state index is 10.6. The highest BCUT2D eigenvalue weighted by Gasteiger charge is 2.06. The lowest BCUT2D eigenvalue weighted by Gasteiger charge is -2.04. The molecule has 90 valence electrons. The SMILES string of the molecule is COCCOCCOc1csc(C(=O)O)c1. The number of hydrogen-bond acceptors (Lipinski definition) is 5. The van der Waals surface area contributed by atoms with Gasteiger partial charge in [0.2, 0.25) is 0 Å². The topological polar surface area (TPSA) is 65.0 Å². The lowest BCUT2D eigenvalue weighted by Crippen LogP contribution is -2.09. The van der Waals surface area contributed by atoms with E-state index in [2.05, 4.69) is 0 Å². The predicted octanol–water partition coefficient (Wildman–Crippen LogP) is 1.49. The Morgan fingerprint density at radius 3 is 2.75 bits per heavy atom. The number of rotatable bonds is 8. The standard InChI is InChI=1S/C10H14O5S/c1-13-2-3-14-4-5-15-8-6-9(10(11)12)16-7-8/h6-7H,2-5H2,1H3,(H,11,12). The Balaban J connectivity index is 2.14. The number of methoxy groups -OCH3 is 1. The van der Waals surface area contributed by atoms with E-state index >= 15 is 0 Å². The van der Waals surface area contributed by atoms with Gasteiger partial charge in [-0.25, -0.2) is 4.79 Å². The second-order valence-corrected chi connectivity index (χ2v) is 3.82. The molecular weight excluding hydrogens is 232 g/mol. The van der Waals surface area contributed by atoms with Gasteiger partial charge >= 0.3 is 5.97 Å². The first kappa shape index (κ1) is 13.0. The van der Waals surface area contributed by atoms with Crippen molar-refractivity contribution in [1.29, 1.82) is 0 Å². The van der Waals surface area contributed by atoms with Crippen molar-refractivity contribution in [1.82, 2.24) is 0 Å². The Hall–Kier alpha value is -1.11. The van der Waals surface area contributed by atoms with E-state index in [4.69, 9.17) is 19.3 Å². The average Bonchev–Trinajstić information content (AvgIpc) is 2.72. The molecule has 0 aliphatic carbocycles. The summed E-state index contributed by atoms with van der Waals surface area (Å²) in [5.41, 5.74) is 0. The van der Waals surface area contributed by atoms with Crippen molar-refractivity contribution in [3.8, 4) is 5.75 Å². The summed E-state index contributed by atoms with van der Waals surface area (Å²) in [5, 5.41) is 10.3. The molecule has 0 aliphatic rings. The number of carboxylic acid groups (broad SMARTS) is 1. The molecule has 1 rings (SSSR count). The molecule has 1 N–H and O–H groups in total.